The molecule has 0 bridgehead atoms. The van der Waals surface area contributed by atoms with Crippen LogP contribution >= 0.6 is 0 Å². The maximum atomic E-state index is 13.1. The molecule has 0 saturated heterocycles. The molecule has 0 radical (unpaired) electrons. The van der Waals surface area contributed by atoms with Crippen molar-refractivity contribution in [3.05, 3.63) is 59.7 Å². The van der Waals surface area contributed by atoms with Crippen molar-refractivity contribution in [3.8, 4) is 5.75 Å². The van der Waals surface area contributed by atoms with Crippen molar-refractivity contribution >= 4 is 0 Å². The number of aromatic nitrogens is 1. The average molecular weight is 245 g/mol. The summed E-state index contributed by atoms with van der Waals surface area (Å²) < 4.78 is 18.6. The third-order valence-electron chi connectivity index (χ3n) is 3.19. The number of rotatable bonds is 2. The van der Waals surface area contributed by atoms with E-state index < -0.39 is 11.9 Å². The van der Waals surface area contributed by atoms with Gasteiger partial charge in [-0.15, -0.1) is 0 Å². The standard InChI is InChI=1S/C14H12FNO2/c15-10-5-9(6-16-7-10)14(17)12-8-18-13-4-2-1-3-11(12)13/h1-7,12,14,17H,8H2. The first kappa shape index (κ1) is 11.2. The van der Waals surface area contributed by atoms with Crippen LogP contribution in [0.2, 0.25) is 0 Å². The molecule has 0 spiro atoms. The normalized spacial score (nSPS) is 19.1. The molecule has 18 heavy (non-hydrogen) atoms. The largest absolute Gasteiger partial charge is 0.493 e. The molecule has 1 aliphatic heterocycles. The first-order valence-corrected chi connectivity index (χ1v) is 5.76. The van der Waals surface area contributed by atoms with Crippen LogP contribution in [0.3, 0.4) is 0 Å². The molecule has 0 aliphatic carbocycles. The van der Waals surface area contributed by atoms with Crippen molar-refractivity contribution in [1.29, 1.82) is 0 Å². The summed E-state index contributed by atoms with van der Waals surface area (Å²) in [5.74, 6) is 0.162. The Morgan fingerprint density at radius 2 is 2.17 bits per heavy atom. The second kappa shape index (κ2) is 4.38. The van der Waals surface area contributed by atoms with Gasteiger partial charge in [0.15, 0.2) is 0 Å². The minimum atomic E-state index is -0.808. The molecule has 0 amide bonds. The molecule has 1 aromatic heterocycles. The molecule has 1 aromatic carbocycles. The Bertz CT molecular complexity index is 573. The molecule has 1 aliphatic rings. The number of aliphatic hydroxyl groups is 1. The van der Waals surface area contributed by atoms with Crippen molar-refractivity contribution in [2.75, 3.05) is 6.61 Å². The first-order valence-electron chi connectivity index (χ1n) is 5.76. The van der Waals surface area contributed by atoms with Crippen LogP contribution in [0.15, 0.2) is 42.7 Å². The van der Waals surface area contributed by atoms with E-state index in [1.54, 1.807) is 0 Å². The summed E-state index contributed by atoms with van der Waals surface area (Å²) in [6.07, 6.45) is 1.79. The van der Waals surface area contributed by atoms with Gasteiger partial charge in [-0.25, -0.2) is 4.39 Å². The molecule has 0 fully saturated rings. The predicted molar refractivity (Wildman–Crippen MR) is 63.8 cm³/mol. The Morgan fingerprint density at radius 3 is 3.00 bits per heavy atom. The van der Waals surface area contributed by atoms with Crippen LogP contribution in [-0.4, -0.2) is 16.7 Å². The molecular formula is C14H12FNO2. The third-order valence-corrected chi connectivity index (χ3v) is 3.19. The molecule has 2 atom stereocenters. The average Bonchev–Trinajstić information content (AvgIpc) is 2.82. The van der Waals surface area contributed by atoms with Crippen LogP contribution in [-0.2, 0) is 0 Å². The zero-order chi connectivity index (χ0) is 12.5. The topological polar surface area (TPSA) is 42.4 Å². The number of benzene rings is 1. The highest BCUT2D eigenvalue weighted by molar-refractivity contribution is 5.41. The van der Waals surface area contributed by atoms with Gasteiger partial charge in [-0.05, 0) is 12.1 Å². The van der Waals surface area contributed by atoms with Gasteiger partial charge >= 0.3 is 0 Å². The van der Waals surface area contributed by atoms with E-state index in [1.807, 2.05) is 24.3 Å². The van der Waals surface area contributed by atoms with Crippen LogP contribution in [0.25, 0.3) is 0 Å². The number of hydrogen-bond donors (Lipinski definition) is 1. The summed E-state index contributed by atoms with van der Waals surface area (Å²) in [5.41, 5.74) is 1.43. The summed E-state index contributed by atoms with van der Waals surface area (Å²) in [6, 6.07) is 8.88. The van der Waals surface area contributed by atoms with Crippen LogP contribution in [0.1, 0.15) is 23.1 Å². The van der Waals surface area contributed by atoms with E-state index in [0.717, 1.165) is 17.5 Å². The molecule has 2 aromatic rings. The van der Waals surface area contributed by atoms with Crippen LogP contribution in [0.4, 0.5) is 4.39 Å². The van der Waals surface area contributed by atoms with Gasteiger partial charge in [-0.1, -0.05) is 18.2 Å². The maximum Gasteiger partial charge on any atom is 0.141 e. The maximum absolute atomic E-state index is 13.1. The van der Waals surface area contributed by atoms with E-state index in [1.165, 1.54) is 12.3 Å². The van der Waals surface area contributed by atoms with Gasteiger partial charge in [0, 0.05) is 17.3 Å². The van der Waals surface area contributed by atoms with Gasteiger partial charge in [0.2, 0.25) is 0 Å². The number of aliphatic hydroxyl groups excluding tert-OH is 1. The van der Waals surface area contributed by atoms with Gasteiger partial charge in [0.1, 0.15) is 11.6 Å². The summed E-state index contributed by atoms with van der Waals surface area (Å²) in [5, 5.41) is 10.3. The lowest BCUT2D eigenvalue weighted by Crippen LogP contribution is -2.12. The predicted octanol–water partition coefficient (Wildman–Crippen LogP) is 2.43. The van der Waals surface area contributed by atoms with Gasteiger partial charge in [-0.2, -0.15) is 0 Å². The van der Waals surface area contributed by atoms with Gasteiger partial charge in [0.05, 0.1) is 24.8 Å². The first-order chi connectivity index (χ1) is 8.75. The highest BCUT2D eigenvalue weighted by Crippen LogP contribution is 2.40. The van der Waals surface area contributed by atoms with Crippen LogP contribution in [0, 0.1) is 5.82 Å². The molecule has 1 N–H and O–H groups in total. The Labute approximate surface area is 104 Å². The van der Waals surface area contributed by atoms with Crippen molar-refractivity contribution in [3.63, 3.8) is 0 Å². The van der Waals surface area contributed by atoms with E-state index in [9.17, 15) is 9.50 Å². The van der Waals surface area contributed by atoms with E-state index in [2.05, 4.69) is 4.98 Å². The summed E-state index contributed by atoms with van der Waals surface area (Å²) in [4.78, 5) is 3.76. The zero-order valence-electron chi connectivity index (χ0n) is 9.58. The quantitative estimate of drug-likeness (QED) is 0.883. The Kier molecular flexibility index (Phi) is 2.72. The number of fused-ring (bicyclic) bond motifs is 1. The van der Waals surface area contributed by atoms with Crippen LogP contribution in [0.5, 0.6) is 5.75 Å². The second-order valence-electron chi connectivity index (χ2n) is 4.34. The fourth-order valence-electron chi connectivity index (χ4n) is 2.27. The monoisotopic (exact) mass is 245 g/mol. The van der Waals surface area contributed by atoms with Crippen LogP contribution < -0.4 is 4.74 Å². The van der Waals surface area contributed by atoms with Gasteiger partial charge in [-0.3, -0.25) is 4.98 Å². The number of halogens is 1. The fraction of sp³-hybridized carbons (Fsp3) is 0.214. The Morgan fingerprint density at radius 1 is 1.33 bits per heavy atom. The second-order valence-corrected chi connectivity index (χ2v) is 4.34. The lowest BCUT2D eigenvalue weighted by atomic mass is 9.91. The molecule has 4 heteroatoms. The number of hydrogen-bond acceptors (Lipinski definition) is 3. The molecule has 3 nitrogen and oxygen atoms in total. The van der Waals surface area contributed by atoms with Crippen molar-refractivity contribution in [1.82, 2.24) is 4.98 Å². The summed E-state index contributed by atoms with van der Waals surface area (Å²) >= 11 is 0. The molecule has 3 rings (SSSR count). The molecular weight excluding hydrogens is 233 g/mol. The molecule has 2 unspecified atom stereocenters. The number of para-hydroxylation sites is 1. The SMILES string of the molecule is OC(c1cncc(F)c1)C1COc2ccccc21. The van der Waals surface area contributed by atoms with Gasteiger partial charge in [0.25, 0.3) is 0 Å². The number of pyridine rings is 1. The highest BCUT2D eigenvalue weighted by atomic mass is 19.1. The van der Waals surface area contributed by atoms with E-state index in [0.29, 0.717) is 12.2 Å². The number of nitrogens with zero attached hydrogens (tertiary/aromatic N) is 1. The fourth-order valence-corrected chi connectivity index (χ4v) is 2.27. The summed E-state index contributed by atoms with van der Waals surface area (Å²) in [7, 11) is 0. The van der Waals surface area contributed by atoms with E-state index in [-0.39, 0.29) is 5.92 Å². The minimum absolute atomic E-state index is 0.176. The van der Waals surface area contributed by atoms with Gasteiger partial charge < -0.3 is 9.84 Å². The Balaban J connectivity index is 1.93. The lowest BCUT2D eigenvalue weighted by molar-refractivity contribution is 0.129. The molecule has 0 saturated carbocycles. The van der Waals surface area contributed by atoms with E-state index >= 15 is 0 Å². The third kappa shape index (κ3) is 1.84. The van der Waals surface area contributed by atoms with E-state index in [4.69, 9.17) is 4.74 Å². The smallest absolute Gasteiger partial charge is 0.141 e. The lowest BCUT2D eigenvalue weighted by Gasteiger charge is -2.17. The number of ether oxygens (including phenoxy) is 1. The zero-order valence-corrected chi connectivity index (χ0v) is 9.58. The van der Waals surface area contributed by atoms with Crippen molar-refractivity contribution in [2.45, 2.75) is 12.0 Å². The van der Waals surface area contributed by atoms with Crippen molar-refractivity contribution in [2.24, 2.45) is 0 Å². The molecule has 2 heterocycles. The highest BCUT2D eigenvalue weighted by Gasteiger charge is 2.31. The molecule has 92 valence electrons. The minimum Gasteiger partial charge on any atom is -0.493 e. The Hall–Kier alpha value is -1.94. The summed E-state index contributed by atoms with van der Waals surface area (Å²) in [6.45, 7) is 0.400. The van der Waals surface area contributed by atoms with Crippen molar-refractivity contribution < 1.29 is 14.2 Å².